The highest BCUT2D eigenvalue weighted by atomic mass is 15.1. The van der Waals surface area contributed by atoms with Crippen LogP contribution in [0.25, 0.3) is 28.3 Å². The quantitative estimate of drug-likeness (QED) is 0.213. The number of hydrogen-bond acceptors (Lipinski definition) is 4. The Bertz CT molecular complexity index is 1680. The molecule has 216 valence electrons. The second-order valence-electron chi connectivity index (χ2n) is 11.7. The zero-order valence-corrected chi connectivity index (χ0v) is 27.2. The normalized spacial score (nSPS) is 12.1. The molecular formula is C38H44N4. The van der Waals surface area contributed by atoms with Gasteiger partial charge >= 0.3 is 0 Å². The Morgan fingerprint density at radius 3 is 1.69 bits per heavy atom. The summed E-state index contributed by atoms with van der Waals surface area (Å²) in [5, 5.41) is 0. The molecule has 0 saturated heterocycles. The van der Waals surface area contributed by atoms with Crippen LogP contribution in [0.2, 0.25) is 0 Å². The molecule has 42 heavy (non-hydrogen) atoms. The average Bonchev–Trinajstić information content (AvgIpc) is 2.91. The van der Waals surface area contributed by atoms with Crippen LogP contribution < -0.4 is 4.90 Å². The lowest BCUT2D eigenvalue weighted by molar-refractivity contribution is 1.03. The van der Waals surface area contributed by atoms with Gasteiger partial charge in [0.05, 0.1) is 0 Å². The van der Waals surface area contributed by atoms with Crippen LogP contribution in [0.15, 0.2) is 67.2 Å². The summed E-state index contributed by atoms with van der Waals surface area (Å²) in [5.74, 6) is 1.44. The van der Waals surface area contributed by atoms with Gasteiger partial charge in [-0.2, -0.15) is 0 Å². The highest BCUT2D eigenvalue weighted by Gasteiger charge is 2.21. The summed E-state index contributed by atoms with van der Waals surface area (Å²) in [6, 6.07) is 11.0. The minimum Gasteiger partial charge on any atom is -0.348 e. The molecule has 0 aliphatic carbocycles. The van der Waals surface area contributed by atoms with Gasteiger partial charge in [0.1, 0.15) is 6.33 Å². The summed E-state index contributed by atoms with van der Waals surface area (Å²) in [6.07, 6.45) is 7.91. The molecule has 1 heterocycles. The monoisotopic (exact) mass is 556 g/mol. The Labute approximate surface area is 252 Å². The predicted molar refractivity (Wildman–Crippen MR) is 180 cm³/mol. The van der Waals surface area contributed by atoms with Gasteiger partial charge in [-0.1, -0.05) is 65.8 Å². The van der Waals surface area contributed by atoms with Crippen molar-refractivity contribution in [2.75, 3.05) is 11.9 Å². The Hall–Kier alpha value is -4.31. The minimum atomic E-state index is 0.717. The molecule has 1 aromatic heterocycles. The molecule has 0 unspecified atom stereocenters. The molecular weight excluding hydrogens is 512 g/mol. The summed E-state index contributed by atoms with van der Waals surface area (Å²) in [5.41, 5.74) is 17.7. The molecule has 4 heteroatoms. The first-order valence-electron chi connectivity index (χ1n) is 14.5. The highest BCUT2D eigenvalue weighted by molar-refractivity contribution is 5.79. The van der Waals surface area contributed by atoms with Gasteiger partial charge in [0.25, 0.3) is 0 Å². The van der Waals surface area contributed by atoms with Gasteiger partial charge in [-0.3, -0.25) is 0 Å². The Morgan fingerprint density at radius 2 is 1.17 bits per heavy atom. The van der Waals surface area contributed by atoms with Crippen molar-refractivity contribution in [1.29, 1.82) is 0 Å². The van der Waals surface area contributed by atoms with Crippen LogP contribution in [0.3, 0.4) is 0 Å². The Kier molecular flexibility index (Phi) is 8.96. The van der Waals surface area contributed by atoms with Gasteiger partial charge in [-0.25, -0.2) is 15.0 Å². The fourth-order valence-corrected chi connectivity index (χ4v) is 6.12. The van der Waals surface area contributed by atoms with Crippen LogP contribution in [0.5, 0.6) is 0 Å². The van der Waals surface area contributed by atoms with Crippen molar-refractivity contribution in [3.05, 3.63) is 123 Å². The first kappa shape index (κ1) is 30.6. The molecule has 0 aliphatic rings. The van der Waals surface area contributed by atoms with E-state index >= 15 is 0 Å². The predicted octanol–water partition coefficient (Wildman–Crippen LogP) is 9.59. The van der Waals surface area contributed by atoms with Crippen LogP contribution in [0, 0.1) is 62.3 Å². The maximum absolute atomic E-state index is 5.01. The summed E-state index contributed by atoms with van der Waals surface area (Å²) >= 11 is 0. The first-order valence-corrected chi connectivity index (χ1v) is 14.5. The van der Waals surface area contributed by atoms with E-state index < -0.39 is 0 Å². The van der Waals surface area contributed by atoms with Crippen molar-refractivity contribution in [3.8, 4) is 22.8 Å². The molecule has 0 amide bonds. The van der Waals surface area contributed by atoms with Gasteiger partial charge in [0.15, 0.2) is 11.6 Å². The number of anilines is 1. The van der Waals surface area contributed by atoms with Crippen LogP contribution in [0.4, 0.5) is 5.69 Å². The molecule has 4 rings (SSSR count). The third kappa shape index (κ3) is 5.99. The second-order valence-corrected chi connectivity index (χ2v) is 11.7. The molecule has 0 radical (unpaired) electrons. The Balaban J connectivity index is 1.76. The second kappa shape index (κ2) is 12.3. The molecule has 0 N–H and O–H groups in total. The molecule has 4 nitrogen and oxygen atoms in total. The summed E-state index contributed by atoms with van der Waals surface area (Å²) in [4.78, 5) is 16.5. The smallest absolute Gasteiger partial charge is 0.163 e. The summed E-state index contributed by atoms with van der Waals surface area (Å²) in [6.45, 7) is 25.6. The third-order valence-electron chi connectivity index (χ3n) is 8.42. The fourth-order valence-electron chi connectivity index (χ4n) is 6.12. The molecule has 0 spiro atoms. The fraction of sp³-hybridized carbons (Fsp3) is 0.289. The molecule has 0 atom stereocenters. The maximum Gasteiger partial charge on any atom is 0.163 e. The van der Waals surface area contributed by atoms with E-state index in [9.17, 15) is 0 Å². The number of allylic oxidation sites excluding steroid dienone is 5. The van der Waals surface area contributed by atoms with Gasteiger partial charge in [0.2, 0.25) is 0 Å². The number of hydrogen-bond donors (Lipinski definition) is 0. The van der Waals surface area contributed by atoms with E-state index in [1.165, 1.54) is 61.3 Å². The van der Waals surface area contributed by atoms with E-state index in [2.05, 4.69) is 140 Å². The van der Waals surface area contributed by atoms with Crippen LogP contribution in [-0.2, 0) is 0 Å². The third-order valence-corrected chi connectivity index (χ3v) is 8.42. The van der Waals surface area contributed by atoms with Crippen molar-refractivity contribution < 1.29 is 0 Å². The average molecular weight is 557 g/mol. The largest absolute Gasteiger partial charge is 0.348 e. The topological polar surface area (TPSA) is 41.9 Å². The van der Waals surface area contributed by atoms with E-state index in [1.807, 2.05) is 6.08 Å². The van der Waals surface area contributed by atoms with Gasteiger partial charge < -0.3 is 4.90 Å². The van der Waals surface area contributed by atoms with Gasteiger partial charge in [-0.15, -0.1) is 0 Å². The number of rotatable bonds is 7. The highest BCUT2D eigenvalue weighted by Crippen LogP contribution is 2.39. The standard InChI is InChI=1S/C38H44N4/c1-13-32(33-19-22(2)16-23(3)20-33)15-14-27(7)42(12)36-30(10)28(8)35(29(9)31(36)11)38-40-21-39-37(41-38)34-25(5)17-24(4)18-26(34)6/h13-21H,1H2,2-12H3/b27-14+,32-15+. The number of aryl methyl sites for hydroxylation is 5. The lowest BCUT2D eigenvalue weighted by Gasteiger charge is -2.28. The number of benzene rings is 3. The number of aromatic nitrogens is 3. The van der Waals surface area contributed by atoms with E-state index in [-0.39, 0.29) is 0 Å². The molecule has 0 aliphatic heterocycles. The molecule has 0 bridgehead atoms. The Morgan fingerprint density at radius 1 is 0.667 bits per heavy atom. The minimum absolute atomic E-state index is 0.717. The lowest BCUT2D eigenvalue weighted by atomic mass is 9.90. The number of nitrogens with zero attached hydrogens (tertiary/aromatic N) is 4. The molecule has 0 fully saturated rings. The first-order chi connectivity index (χ1) is 19.8. The summed E-state index contributed by atoms with van der Waals surface area (Å²) < 4.78 is 0. The van der Waals surface area contributed by atoms with E-state index in [0.29, 0.717) is 5.82 Å². The van der Waals surface area contributed by atoms with Gasteiger partial charge in [-0.05, 0) is 120 Å². The van der Waals surface area contributed by atoms with Crippen molar-refractivity contribution in [2.24, 2.45) is 0 Å². The van der Waals surface area contributed by atoms with E-state index in [4.69, 9.17) is 4.98 Å². The SMILES string of the molecule is C=C/C(=C\C=C(/C)N(C)c1c(C)c(C)c(-c2ncnc(-c3c(C)cc(C)cc3C)n2)c(C)c1C)c1cc(C)cc(C)c1. The van der Waals surface area contributed by atoms with E-state index in [0.717, 1.165) is 28.2 Å². The van der Waals surface area contributed by atoms with Crippen molar-refractivity contribution in [3.63, 3.8) is 0 Å². The van der Waals surface area contributed by atoms with E-state index in [1.54, 1.807) is 6.33 Å². The lowest BCUT2D eigenvalue weighted by Crippen LogP contribution is -2.18. The molecule has 0 saturated carbocycles. The van der Waals surface area contributed by atoms with Crippen LogP contribution >= 0.6 is 0 Å². The summed E-state index contributed by atoms with van der Waals surface area (Å²) in [7, 11) is 2.14. The van der Waals surface area contributed by atoms with Crippen molar-refractivity contribution in [2.45, 2.75) is 69.2 Å². The van der Waals surface area contributed by atoms with Gasteiger partial charge in [0, 0.05) is 29.6 Å². The van der Waals surface area contributed by atoms with Crippen LogP contribution in [0.1, 0.15) is 62.6 Å². The van der Waals surface area contributed by atoms with Crippen molar-refractivity contribution in [1.82, 2.24) is 15.0 Å². The zero-order chi connectivity index (χ0) is 30.9. The molecule has 4 aromatic rings. The molecule has 3 aromatic carbocycles. The van der Waals surface area contributed by atoms with Crippen LogP contribution in [-0.4, -0.2) is 22.0 Å². The van der Waals surface area contributed by atoms with Crippen molar-refractivity contribution >= 4 is 11.3 Å². The maximum atomic E-state index is 5.01. The zero-order valence-electron chi connectivity index (χ0n) is 27.2.